The molecule has 0 saturated carbocycles. The monoisotopic (exact) mass is 275 g/mol. The van der Waals surface area contributed by atoms with Gasteiger partial charge in [-0.25, -0.2) is 0 Å². The van der Waals surface area contributed by atoms with Gasteiger partial charge in [-0.05, 0) is 44.0 Å². The van der Waals surface area contributed by atoms with E-state index in [9.17, 15) is 4.55 Å². The maximum absolute atomic E-state index is 11.8. The minimum atomic E-state index is -1.23. The first-order valence-electron chi connectivity index (χ1n) is 6.05. The molecule has 0 N–H and O–H groups in total. The Hall–Kier alpha value is -1.52. The molecule has 0 aliphatic heterocycles. The molecule has 1 aromatic carbocycles. The van der Waals surface area contributed by atoms with Gasteiger partial charge in [-0.2, -0.15) is 0 Å². The third-order valence-corrected chi connectivity index (χ3v) is 3.91. The van der Waals surface area contributed by atoms with E-state index in [1.165, 1.54) is 0 Å². The number of furan rings is 1. The SMILES string of the molecule is CC(C)(C)[S+]([O-])N=Cc1cccc(-c2ccoc2)c1. The second-order valence-electron chi connectivity index (χ2n) is 5.23. The summed E-state index contributed by atoms with van der Waals surface area (Å²) in [7, 11) is 0. The van der Waals surface area contributed by atoms with E-state index in [2.05, 4.69) is 4.40 Å². The summed E-state index contributed by atoms with van der Waals surface area (Å²) in [5.41, 5.74) is 3.00. The summed E-state index contributed by atoms with van der Waals surface area (Å²) in [4.78, 5) is 0. The van der Waals surface area contributed by atoms with Gasteiger partial charge in [0.15, 0.2) is 0 Å². The Balaban J connectivity index is 2.18. The highest BCUT2D eigenvalue weighted by Gasteiger charge is 2.25. The van der Waals surface area contributed by atoms with Crippen LogP contribution in [0.5, 0.6) is 0 Å². The van der Waals surface area contributed by atoms with E-state index in [4.69, 9.17) is 4.42 Å². The van der Waals surface area contributed by atoms with Gasteiger partial charge in [-0.15, -0.1) is 0 Å². The maximum atomic E-state index is 11.8. The molecule has 1 aromatic heterocycles. The summed E-state index contributed by atoms with van der Waals surface area (Å²) in [5, 5.41) is 0. The van der Waals surface area contributed by atoms with Crippen LogP contribution in [0.4, 0.5) is 0 Å². The lowest BCUT2D eigenvalue weighted by molar-refractivity contribution is 0.562. The van der Waals surface area contributed by atoms with E-state index >= 15 is 0 Å². The molecule has 0 spiro atoms. The Labute approximate surface area is 116 Å². The topological polar surface area (TPSA) is 48.6 Å². The quantitative estimate of drug-likeness (QED) is 0.631. The van der Waals surface area contributed by atoms with Crippen molar-refractivity contribution in [3.8, 4) is 11.1 Å². The second-order valence-corrected chi connectivity index (χ2v) is 7.17. The van der Waals surface area contributed by atoms with Crippen molar-refractivity contribution in [1.29, 1.82) is 0 Å². The van der Waals surface area contributed by atoms with Crippen LogP contribution in [-0.4, -0.2) is 15.5 Å². The zero-order valence-corrected chi connectivity index (χ0v) is 12.1. The molecule has 0 fully saturated rings. The molecule has 0 aliphatic rings. The van der Waals surface area contributed by atoms with Gasteiger partial charge >= 0.3 is 0 Å². The van der Waals surface area contributed by atoms with Crippen molar-refractivity contribution in [2.75, 3.05) is 0 Å². The maximum Gasteiger partial charge on any atom is 0.144 e. The minimum Gasteiger partial charge on any atom is -0.591 e. The lowest BCUT2D eigenvalue weighted by atomic mass is 10.1. The van der Waals surface area contributed by atoms with Crippen molar-refractivity contribution in [3.05, 3.63) is 48.4 Å². The molecule has 2 aromatic rings. The van der Waals surface area contributed by atoms with Gasteiger partial charge in [0.2, 0.25) is 0 Å². The first-order chi connectivity index (χ1) is 8.97. The number of rotatable bonds is 3. The smallest absolute Gasteiger partial charge is 0.144 e. The second kappa shape index (κ2) is 5.63. The molecule has 0 aliphatic carbocycles. The first-order valence-corrected chi connectivity index (χ1v) is 7.16. The lowest BCUT2D eigenvalue weighted by Gasteiger charge is -2.17. The number of hydrogen-bond donors (Lipinski definition) is 0. The van der Waals surface area contributed by atoms with Crippen LogP contribution in [0, 0.1) is 0 Å². The van der Waals surface area contributed by atoms with E-state index in [-0.39, 0.29) is 4.75 Å². The summed E-state index contributed by atoms with van der Waals surface area (Å²) >= 11 is -1.23. The van der Waals surface area contributed by atoms with Crippen LogP contribution >= 0.6 is 0 Å². The fourth-order valence-corrected chi connectivity index (χ4v) is 2.03. The highest BCUT2D eigenvalue weighted by atomic mass is 32.2. The molecule has 3 nitrogen and oxygen atoms in total. The number of nitrogens with zero attached hydrogens (tertiary/aromatic N) is 1. The minimum absolute atomic E-state index is 0.335. The molecule has 1 heterocycles. The van der Waals surface area contributed by atoms with Gasteiger partial charge in [0.1, 0.15) is 16.1 Å². The van der Waals surface area contributed by atoms with Gasteiger partial charge < -0.3 is 8.97 Å². The normalized spacial score (nSPS) is 13.9. The van der Waals surface area contributed by atoms with Crippen LogP contribution in [-0.2, 0) is 11.4 Å². The van der Waals surface area contributed by atoms with Gasteiger partial charge in [0.25, 0.3) is 0 Å². The van der Waals surface area contributed by atoms with Crippen LogP contribution in [0.15, 0.2) is 51.7 Å². The van der Waals surface area contributed by atoms with Crippen molar-refractivity contribution in [2.45, 2.75) is 25.5 Å². The highest BCUT2D eigenvalue weighted by Crippen LogP contribution is 2.21. The van der Waals surface area contributed by atoms with Crippen LogP contribution in [0.3, 0.4) is 0 Å². The summed E-state index contributed by atoms with van der Waals surface area (Å²) in [6.07, 6.45) is 5.00. The molecule has 1 atom stereocenters. The Morgan fingerprint density at radius 3 is 2.63 bits per heavy atom. The zero-order chi connectivity index (χ0) is 13.9. The Bertz CT molecular complexity index is 556. The molecular formula is C15H17NO2S. The average molecular weight is 275 g/mol. The largest absolute Gasteiger partial charge is 0.591 e. The highest BCUT2D eigenvalue weighted by molar-refractivity contribution is 7.91. The fourth-order valence-electron chi connectivity index (χ4n) is 1.49. The Morgan fingerprint density at radius 1 is 1.21 bits per heavy atom. The van der Waals surface area contributed by atoms with Crippen molar-refractivity contribution in [1.82, 2.24) is 0 Å². The molecule has 0 bridgehead atoms. The van der Waals surface area contributed by atoms with Crippen LogP contribution in [0.1, 0.15) is 26.3 Å². The predicted molar refractivity (Wildman–Crippen MR) is 79.6 cm³/mol. The van der Waals surface area contributed by atoms with Crippen molar-refractivity contribution >= 4 is 17.6 Å². The third-order valence-electron chi connectivity index (χ3n) is 2.56. The molecule has 2 rings (SSSR count). The molecule has 4 heteroatoms. The van der Waals surface area contributed by atoms with Gasteiger partial charge in [0.05, 0.1) is 18.7 Å². The van der Waals surface area contributed by atoms with Gasteiger partial charge in [0, 0.05) is 5.56 Å². The summed E-state index contributed by atoms with van der Waals surface area (Å²) in [6.45, 7) is 5.72. The average Bonchev–Trinajstić information content (AvgIpc) is 2.89. The molecule has 0 radical (unpaired) electrons. The van der Waals surface area contributed by atoms with E-state index in [1.54, 1.807) is 18.7 Å². The summed E-state index contributed by atoms with van der Waals surface area (Å²) in [6, 6.07) is 9.79. The summed E-state index contributed by atoms with van der Waals surface area (Å²) in [5.74, 6) is 0. The van der Waals surface area contributed by atoms with Crippen molar-refractivity contribution in [3.63, 3.8) is 0 Å². The lowest BCUT2D eigenvalue weighted by Crippen LogP contribution is -2.25. The van der Waals surface area contributed by atoms with Crippen LogP contribution < -0.4 is 0 Å². The van der Waals surface area contributed by atoms with E-state index in [1.807, 2.05) is 51.1 Å². The number of hydrogen-bond acceptors (Lipinski definition) is 3. The third kappa shape index (κ3) is 3.72. The van der Waals surface area contributed by atoms with Gasteiger partial charge in [-0.3, -0.25) is 0 Å². The van der Waals surface area contributed by atoms with E-state index < -0.39 is 11.4 Å². The molecule has 1 unspecified atom stereocenters. The number of benzene rings is 1. The fraction of sp³-hybridized carbons (Fsp3) is 0.267. The zero-order valence-electron chi connectivity index (χ0n) is 11.3. The van der Waals surface area contributed by atoms with Crippen LogP contribution in [0.2, 0.25) is 0 Å². The molecule has 100 valence electrons. The predicted octanol–water partition coefficient (Wildman–Crippen LogP) is 3.83. The van der Waals surface area contributed by atoms with Crippen LogP contribution in [0.25, 0.3) is 11.1 Å². The standard InChI is InChI=1S/C15H17NO2S/c1-15(2,3)19(17)16-10-12-5-4-6-13(9-12)14-7-8-18-11-14/h4-11H,1-3H3. The van der Waals surface area contributed by atoms with E-state index in [0.29, 0.717) is 0 Å². The van der Waals surface area contributed by atoms with Gasteiger partial charge in [-0.1, -0.05) is 22.6 Å². The van der Waals surface area contributed by atoms with Crippen molar-refractivity contribution < 1.29 is 8.97 Å². The molecule has 19 heavy (non-hydrogen) atoms. The van der Waals surface area contributed by atoms with E-state index in [0.717, 1.165) is 16.7 Å². The summed E-state index contributed by atoms with van der Waals surface area (Å²) < 4.78 is 20.7. The first kappa shape index (κ1) is 13.9. The molecule has 0 amide bonds. The Kier molecular flexibility index (Phi) is 4.12. The van der Waals surface area contributed by atoms with Crippen molar-refractivity contribution in [2.24, 2.45) is 4.40 Å². The molecule has 0 saturated heterocycles. The Morgan fingerprint density at radius 2 is 2.00 bits per heavy atom. The molecular weight excluding hydrogens is 258 g/mol.